The van der Waals surface area contributed by atoms with Crippen molar-refractivity contribution in [1.29, 1.82) is 0 Å². The van der Waals surface area contributed by atoms with Crippen molar-refractivity contribution in [3.8, 4) is 0 Å². The predicted octanol–water partition coefficient (Wildman–Crippen LogP) is 1.34. The normalized spacial score (nSPS) is 20.7. The Morgan fingerprint density at radius 1 is 1.12 bits per heavy atom. The Morgan fingerprint density at radius 3 is 2.54 bits per heavy atom. The number of rotatable bonds is 4. The number of carbonyl (C=O) groups excluding carboxylic acids is 1. The number of sulfonamides is 1. The van der Waals surface area contributed by atoms with Crippen LogP contribution in [-0.2, 0) is 10.0 Å². The van der Waals surface area contributed by atoms with Crippen LogP contribution in [0.2, 0.25) is 0 Å². The molecule has 2 aliphatic rings. The van der Waals surface area contributed by atoms with Crippen LogP contribution in [0.3, 0.4) is 0 Å². The molecule has 2 aliphatic heterocycles. The molecule has 1 aromatic carbocycles. The molecule has 0 bridgehead atoms. The molecule has 6 nitrogen and oxygen atoms in total. The number of piperidine rings is 2. The maximum atomic E-state index is 12.7. The molecule has 0 unspecified atom stereocenters. The lowest BCUT2D eigenvalue weighted by Gasteiger charge is -2.26. The molecular formula is C17H25N3O3S. The minimum absolute atomic E-state index is 0.154. The molecule has 0 radical (unpaired) electrons. The van der Waals surface area contributed by atoms with E-state index < -0.39 is 10.0 Å². The van der Waals surface area contributed by atoms with E-state index in [0.29, 0.717) is 18.7 Å². The molecule has 2 fully saturated rings. The van der Waals surface area contributed by atoms with E-state index in [1.165, 1.54) is 10.4 Å². The lowest BCUT2D eigenvalue weighted by Crippen LogP contribution is -2.42. The molecule has 3 rings (SSSR count). The Morgan fingerprint density at radius 2 is 1.83 bits per heavy atom. The summed E-state index contributed by atoms with van der Waals surface area (Å²) in [4.78, 5) is 12.6. The van der Waals surface area contributed by atoms with Gasteiger partial charge in [0, 0.05) is 24.7 Å². The molecule has 0 spiro atoms. The van der Waals surface area contributed by atoms with E-state index in [2.05, 4.69) is 10.6 Å². The molecule has 2 N–H and O–H groups in total. The van der Waals surface area contributed by atoms with Crippen LogP contribution in [0.25, 0.3) is 0 Å². The maximum Gasteiger partial charge on any atom is 0.251 e. The lowest BCUT2D eigenvalue weighted by atomic mass is 10.1. The van der Waals surface area contributed by atoms with E-state index in [1.54, 1.807) is 18.2 Å². The standard InChI is InChI=1S/C17H25N3O3S/c21-17(19-15-7-9-18-10-8-15)14-5-4-6-16(13-14)24(22,23)20-11-2-1-3-12-20/h4-6,13,15,18H,1-3,7-12H2,(H,19,21). The van der Waals surface area contributed by atoms with Gasteiger partial charge in [0.1, 0.15) is 0 Å². The van der Waals surface area contributed by atoms with Gasteiger partial charge in [0.25, 0.3) is 5.91 Å². The number of nitrogens with one attached hydrogen (secondary N) is 2. The van der Waals surface area contributed by atoms with Gasteiger partial charge in [-0.1, -0.05) is 12.5 Å². The second-order valence-corrected chi connectivity index (χ2v) is 8.43. The third kappa shape index (κ3) is 3.96. The average Bonchev–Trinajstić information content (AvgIpc) is 2.63. The zero-order chi connectivity index (χ0) is 17.0. The van der Waals surface area contributed by atoms with Crippen molar-refractivity contribution in [2.24, 2.45) is 0 Å². The van der Waals surface area contributed by atoms with Gasteiger partial charge in [0.15, 0.2) is 0 Å². The third-order valence-corrected chi connectivity index (χ3v) is 6.62. The molecule has 0 aliphatic carbocycles. The number of benzene rings is 1. The SMILES string of the molecule is O=C(NC1CCNCC1)c1cccc(S(=O)(=O)N2CCCCC2)c1. The van der Waals surface area contributed by atoms with Gasteiger partial charge < -0.3 is 10.6 Å². The third-order valence-electron chi connectivity index (χ3n) is 4.72. The molecule has 2 heterocycles. The summed E-state index contributed by atoms with van der Waals surface area (Å²) in [6.07, 6.45) is 4.67. The fourth-order valence-corrected chi connectivity index (χ4v) is 4.85. The van der Waals surface area contributed by atoms with Crippen molar-refractivity contribution in [2.75, 3.05) is 26.2 Å². The number of carbonyl (C=O) groups is 1. The Balaban J connectivity index is 1.74. The minimum atomic E-state index is -3.51. The summed E-state index contributed by atoms with van der Waals surface area (Å²) in [6, 6.07) is 6.55. The molecule has 2 saturated heterocycles. The first-order valence-corrected chi connectivity index (χ1v) is 10.1. The van der Waals surface area contributed by atoms with Crippen LogP contribution < -0.4 is 10.6 Å². The topological polar surface area (TPSA) is 78.5 Å². The van der Waals surface area contributed by atoms with Crippen molar-refractivity contribution in [3.63, 3.8) is 0 Å². The number of amides is 1. The molecule has 0 atom stereocenters. The molecule has 132 valence electrons. The first-order valence-electron chi connectivity index (χ1n) is 8.69. The first kappa shape index (κ1) is 17.4. The van der Waals surface area contributed by atoms with Crippen LogP contribution in [0.4, 0.5) is 0 Å². The summed E-state index contributed by atoms with van der Waals surface area (Å²) in [5.74, 6) is -0.197. The quantitative estimate of drug-likeness (QED) is 0.858. The van der Waals surface area contributed by atoms with Gasteiger partial charge in [0.2, 0.25) is 10.0 Å². The fourth-order valence-electron chi connectivity index (χ4n) is 3.29. The summed E-state index contributed by atoms with van der Waals surface area (Å²) < 4.78 is 27.0. The van der Waals surface area contributed by atoms with E-state index in [-0.39, 0.29) is 16.8 Å². The van der Waals surface area contributed by atoms with Crippen molar-refractivity contribution in [1.82, 2.24) is 14.9 Å². The van der Waals surface area contributed by atoms with E-state index in [1.807, 2.05) is 0 Å². The Kier molecular flexibility index (Phi) is 5.53. The highest BCUT2D eigenvalue weighted by Gasteiger charge is 2.26. The minimum Gasteiger partial charge on any atom is -0.349 e. The molecule has 24 heavy (non-hydrogen) atoms. The van der Waals surface area contributed by atoms with Crippen LogP contribution in [0, 0.1) is 0 Å². The summed E-state index contributed by atoms with van der Waals surface area (Å²) in [5.41, 5.74) is 0.409. The van der Waals surface area contributed by atoms with Gasteiger partial charge in [-0.3, -0.25) is 4.79 Å². The molecular weight excluding hydrogens is 326 g/mol. The van der Waals surface area contributed by atoms with Gasteiger partial charge in [-0.15, -0.1) is 0 Å². The molecule has 1 aromatic rings. The second kappa shape index (κ2) is 7.63. The monoisotopic (exact) mass is 351 g/mol. The summed E-state index contributed by atoms with van der Waals surface area (Å²) in [5, 5.41) is 6.26. The number of nitrogens with zero attached hydrogens (tertiary/aromatic N) is 1. The Bertz CT molecular complexity index is 678. The Hall–Kier alpha value is -1.44. The van der Waals surface area contributed by atoms with E-state index in [4.69, 9.17) is 0 Å². The van der Waals surface area contributed by atoms with Gasteiger partial charge in [-0.25, -0.2) is 8.42 Å². The molecule has 7 heteroatoms. The van der Waals surface area contributed by atoms with Crippen molar-refractivity contribution >= 4 is 15.9 Å². The summed E-state index contributed by atoms with van der Waals surface area (Å²) in [7, 11) is -3.51. The maximum absolute atomic E-state index is 12.7. The largest absolute Gasteiger partial charge is 0.349 e. The fraction of sp³-hybridized carbons (Fsp3) is 0.588. The van der Waals surface area contributed by atoms with Gasteiger partial charge in [-0.05, 0) is 57.0 Å². The smallest absolute Gasteiger partial charge is 0.251 e. The molecule has 1 amide bonds. The van der Waals surface area contributed by atoms with Crippen molar-refractivity contribution in [2.45, 2.75) is 43.0 Å². The average molecular weight is 351 g/mol. The zero-order valence-corrected chi connectivity index (χ0v) is 14.6. The van der Waals surface area contributed by atoms with Crippen LogP contribution in [0.5, 0.6) is 0 Å². The van der Waals surface area contributed by atoms with E-state index in [0.717, 1.165) is 45.2 Å². The van der Waals surface area contributed by atoms with Gasteiger partial charge in [-0.2, -0.15) is 4.31 Å². The highest BCUT2D eigenvalue weighted by Crippen LogP contribution is 2.21. The number of hydrogen-bond donors (Lipinski definition) is 2. The van der Waals surface area contributed by atoms with Gasteiger partial charge in [0.05, 0.1) is 4.90 Å². The second-order valence-electron chi connectivity index (χ2n) is 6.49. The highest BCUT2D eigenvalue weighted by molar-refractivity contribution is 7.89. The first-order chi connectivity index (χ1) is 11.6. The van der Waals surface area contributed by atoms with Crippen LogP contribution >= 0.6 is 0 Å². The van der Waals surface area contributed by atoms with Crippen LogP contribution in [-0.4, -0.2) is 50.9 Å². The highest BCUT2D eigenvalue weighted by atomic mass is 32.2. The van der Waals surface area contributed by atoms with Crippen molar-refractivity contribution in [3.05, 3.63) is 29.8 Å². The predicted molar refractivity (Wildman–Crippen MR) is 92.4 cm³/mol. The van der Waals surface area contributed by atoms with Gasteiger partial charge >= 0.3 is 0 Å². The van der Waals surface area contributed by atoms with Crippen molar-refractivity contribution < 1.29 is 13.2 Å². The number of hydrogen-bond acceptors (Lipinski definition) is 4. The summed E-state index contributed by atoms with van der Waals surface area (Å²) in [6.45, 7) is 2.92. The lowest BCUT2D eigenvalue weighted by molar-refractivity contribution is 0.0929. The van der Waals surface area contributed by atoms with E-state index in [9.17, 15) is 13.2 Å². The molecule has 0 aromatic heterocycles. The van der Waals surface area contributed by atoms with E-state index >= 15 is 0 Å². The summed E-state index contributed by atoms with van der Waals surface area (Å²) >= 11 is 0. The van der Waals surface area contributed by atoms with Crippen LogP contribution in [0.15, 0.2) is 29.2 Å². The molecule has 0 saturated carbocycles. The zero-order valence-electron chi connectivity index (χ0n) is 13.8. The van der Waals surface area contributed by atoms with Crippen LogP contribution in [0.1, 0.15) is 42.5 Å². The Labute approximate surface area is 143 Å².